The molecule has 0 saturated heterocycles. The summed E-state index contributed by atoms with van der Waals surface area (Å²) in [6, 6.07) is 0. The van der Waals surface area contributed by atoms with Crippen molar-refractivity contribution in [1.82, 2.24) is 9.97 Å². The number of aliphatic imine (C=N–C) groups is 1. The molecule has 3 heteroatoms. The third kappa shape index (κ3) is 1.80. The maximum Gasteiger partial charge on any atom is 0.135 e. The predicted molar refractivity (Wildman–Crippen MR) is 51.8 cm³/mol. The molecule has 0 spiro atoms. The molecule has 0 aromatic carbocycles. The van der Waals surface area contributed by atoms with Crippen LogP contribution in [0.1, 0.15) is 23.7 Å². The number of allylic oxidation sites excluding steroid dienone is 1. The van der Waals surface area contributed by atoms with Crippen LogP contribution in [0, 0.1) is 6.92 Å². The van der Waals surface area contributed by atoms with Gasteiger partial charge in [-0.2, -0.15) is 0 Å². The lowest BCUT2D eigenvalue weighted by molar-refractivity contribution is 0.790. The lowest BCUT2D eigenvalue weighted by atomic mass is 10.0. The Labute approximate surface area is 77.3 Å². The highest BCUT2D eigenvalue weighted by molar-refractivity contribution is 5.61. The Hall–Kier alpha value is -1.51. The second kappa shape index (κ2) is 3.47. The third-order valence-electron chi connectivity index (χ3n) is 2.00. The Balaban J connectivity index is 2.21. The van der Waals surface area contributed by atoms with Gasteiger partial charge >= 0.3 is 0 Å². The molecule has 0 saturated carbocycles. The van der Waals surface area contributed by atoms with Gasteiger partial charge in [0.05, 0.1) is 0 Å². The molecule has 1 aliphatic rings. The number of hydrogen-bond acceptors (Lipinski definition) is 3. The molecule has 1 aromatic rings. The summed E-state index contributed by atoms with van der Waals surface area (Å²) in [7, 11) is 0. The van der Waals surface area contributed by atoms with E-state index in [-0.39, 0.29) is 0 Å². The molecule has 0 fully saturated rings. The van der Waals surface area contributed by atoms with Crippen LogP contribution in [0.2, 0.25) is 0 Å². The van der Waals surface area contributed by atoms with E-state index < -0.39 is 0 Å². The highest BCUT2D eigenvalue weighted by Gasteiger charge is 2.10. The van der Waals surface area contributed by atoms with E-state index in [1.54, 1.807) is 6.20 Å². The topological polar surface area (TPSA) is 38.1 Å². The van der Waals surface area contributed by atoms with Crippen LogP contribution in [0.15, 0.2) is 29.7 Å². The van der Waals surface area contributed by atoms with Crippen LogP contribution in [0.25, 0.3) is 0 Å². The van der Waals surface area contributed by atoms with Gasteiger partial charge in [-0.3, -0.25) is 4.99 Å². The van der Waals surface area contributed by atoms with Gasteiger partial charge in [-0.15, -0.1) is 0 Å². The monoisotopic (exact) mass is 173 g/mol. The summed E-state index contributed by atoms with van der Waals surface area (Å²) in [4.78, 5) is 12.6. The second-order valence-corrected chi connectivity index (χ2v) is 3.13. The van der Waals surface area contributed by atoms with E-state index in [9.17, 15) is 0 Å². The quantitative estimate of drug-likeness (QED) is 0.650. The molecule has 0 radical (unpaired) electrons. The van der Waals surface area contributed by atoms with Crippen molar-refractivity contribution in [3.8, 4) is 0 Å². The Morgan fingerprint density at radius 1 is 1.31 bits per heavy atom. The van der Waals surface area contributed by atoms with Crippen LogP contribution in [0.4, 0.5) is 0 Å². The lowest BCUT2D eigenvalue weighted by Crippen LogP contribution is -2.04. The summed E-state index contributed by atoms with van der Waals surface area (Å²) in [5, 5.41) is 0. The largest absolute Gasteiger partial charge is 0.269 e. The number of aromatic nitrogens is 2. The normalized spacial score (nSPS) is 20.5. The summed E-state index contributed by atoms with van der Waals surface area (Å²) in [5.74, 6) is 1.19. The van der Waals surface area contributed by atoms with Gasteiger partial charge in [-0.1, -0.05) is 6.08 Å². The number of rotatable bonds is 1. The zero-order valence-electron chi connectivity index (χ0n) is 7.51. The zero-order chi connectivity index (χ0) is 9.10. The Morgan fingerprint density at radius 2 is 2.08 bits per heavy atom. The molecule has 1 atom stereocenters. The van der Waals surface area contributed by atoms with Crippen molar-refractivity contribution < 1.29 is 0 Å². The molecule has 0 bridgehead atoms. The van der Waals surface area contributed by atoms with Gasteiger partial charge in [0, 0.05) is 30.7 Å². The van der Waals surface area contributed by atoms with Gasteiger partial charge in [0.15, 0.2) is 0 Å². The second-order valence-electron chi connectivity index (χ2n) is 3.13. The molecule has 3 nitrogen and oxygen atoms in total. The smallest absolute Gasteiger partial charge is 0.135 e. The van der Waals surface area contributed by atoms with Crippen LogP contribution < -0.4 is 0 Å². The minimum Gasteiger partial charge on any atom is -0.269 e. The van der Waals surface area contributed by atoms with Crippen molar-refractivity contribution >= 4 is 6.21 Å². The highest BCUT2D eigenvalue weighted by Crippen LogP contribution is 2.18. The fraction of sp³-hybridized carbons (Fsp3) is 0.300. The fourth-order valence-electron chi connectivity index (χ4n) is 1.25. The van der Waals surface area contributed by atoms with Crippen LogP contribution in [-0.4, -0.2) is 16.2 Å². The lowest BCUT2D eigenvalue weighted by Gasteiger charge is -2.09. The summed E-state index contributed by atoms with van der Waals surface area (Å²) in [6.45, 7) is 1.99. The predicted octanol–water partition coefficient (Wildman–Crippen LogP) is 1.86. The molecule has 66 valence electrons. The molecular formula is C10H11N3. The first-order chi connectivity index (χ1) is 6.36. The van der Waals surface area contributed by atoms with Crippen molar-refractivity contribution in [3.63, 3.8) is 0 Å². The summed E-state index contributed by atoms with van der Waals surface area (Å²) in [6.07, 6.45) is 10.3. The van der Waals surface area contributed by atoms with Gasteiger partial charge in [-0.05, 0) is 18.9 Å². The van der Waals surface area contributed by atoms with Gasteiger partial charge in [0.2, 0.25) is 0 Å². The van der Waals surface area contributed by atoms with E-state index in [1.807, 2.05) is 31.6 Å². The van der Waals surface area contributed by atoms with Gasteiger partial charge in [0.1, 0.15) is 5.82 Å². The van der Waals surface area contributed by atoms with E-state index >= 15 is 0 Å². The first kappa shape index (κ1) is 8.10. The van der Waals surface area contributed by atoms with Gasteiger partial charge in [0.25, 0.3) is 0 Å². The van der Waals surface area contributed by atoms with Crippen molar-refractivity contribution in [2.24, 2.45) is 4.99 Å². The molecule has 0 aliphatic carbocycles. The van der Waals surface area contributed by atoms with E-state index in [0.29, 0.717) is 5.92 Å². The first-order valence-electron chi connectivity index (χ1n) is 4.33. The summed E-state index contributed by atoms with van der Waals surface area (Å²) < 4.78 is 0. The standard InChI is InChI=1S/C10H11N3/c1-8-6-12-10(13-7-8)9-2-4-11-5-3-9/h2,4-7,9H,3H2,1H3. The molecule has 2 heterocycles. The molecule has 1 aromatic heterocycles. The van der Waals surface area contributed by atoms with Crippen LogP contribution >= 0.6 is 0 Å². The van der Waals surface area contributed by atoms with Crippen LogP contribution in [-0.2, 0) is 0 Å². The van der Waals surface area contributed by atoms with Crippen LogP contribution in [0.5, 0.6) is 0 Å². The summed E-state index contributed by atoms with van der Waals surface area (Å²) in [5.41, 5.74) is 1.09. The van der Waals surface area contributed by atoms with Crippen molar-refractivity contribution in [3.05, 3.63) is 36.1 Å². The van der Waals surface area contributed by atoms with E-state index in [2.05, 4.69) is 15.0 Å². The zero-order valence-corrected chi connectivity index (χ0v) is 7.51. The highest BCUT2D eigenvalue weighted by atomic mass is 14.9. The Bertz CT molecular complexity index is 338. The van der Waals surface area contributed by atoms with E-state index in [1.165, 1.54) is 0 Å². The fourth-order valence-corrected chi connectivity index (χ4v) is 1.25. The number of aryl methyl sites for hydroxylation is 1. The Morgan fingerprint density at radius 3 is 2.69 bits per heavy atom. The molecule has 1 unspecified atom stereocenters. The number of nitrogens with zero attached hydrogens (tertiary/aromatic N) is 3. The first-order valence-corrected chi connectivity index (χ1v) is 4.33. The van der Waals surface area contributed by atoms with Crippen molar-refractivity contribution in [2.45, 2.75) is 19.3 Å². The van der Waals surface area contributed by atoms with Crippen LogP contribution in [0.3, 0.4) is 0 Å². The maximum absolute atomic E-state index is 4.28. The average Bonchev–Trinajstić information content (AvgIpc) is 2.20. The van der Waals surface area contributed by atoms with E-state index in [4.69, 9.17) is 0 Å². The summed E-state index contributed by atoms with van der Waals surface area (Å²) >= 11 is 0. The molecular weight excluding hydrogens is 162 g/mol. The molecule has 1 aliphatic heterocycles. The molecule has 2 rings (SSSR count). The molecule has 0 amide bonds. The number of hydrogen-bond donors (Lipinski definition) is 0. The SMILES string of the molecule is Cc1cnc(C2C=CN=CC2)nc1. The minimum absolute atomic E-state index is 0.304. The third-order valence-corrected chi connectivity index (χ3v) is 2.00. The van der Waals surface area contributed by atoms with Gasteiger partial charge < -0.3 is 0 Å². The molecule has 0 N–H and O–H groups in total. The Kier molecular flexibility index (Phi) is 2.17. The minimum atomic E-state index is 0.304. The van der Waals surface area contributed by atoms with Crippen molar-refractivity contribution in [1.29, 1.82) is 0 Å². The average molecular weight is 173 g/mol. The van der Waals surface area contributed by atoms with E-state index in [0.717, 1.165) is 17.8 Å². The van der Waals surface area contributed by atoms with Crippen molar-refractivity contribution in [2.75, 3.05) is 0 Å². The maximum atomic E-state index is 4.28. The van der Waals surface area contributed by atoms with Gasteiger partial charge in [-0.25, -0.2) is 9.97 Å². The molecule has 13 heavy (non-hydrogen) atoms.